The van der Waals surface area contributed by atoms with Crippen LogP contribution in [0.1, 0.15) is 36.2 Å². The lowest BCUT2D eigenvalue weighted by Gasteiger charge is -2.16. The Balaban J connectivity index is 1.88. The Bertz CT molecular complexity index is 446. The molecule has 18 heavy (non-hydrogen) atoms. The molecule has 0 radical (unpaired) electrons. The van der Waals surface area contributed by atoms with Crippen LogP contribution in [0.4, 0.5) is 0 Å². The van der Waals surface area contributed by atoms with Crippen LogP contribution in [-0.2, 0) is 18.3 Å². The zero-order valence-electron chi connectivity index (χ0n) is 11.9. The van der Waals surface area contributed by atoms with Gasteiger partial charge in [0, 0.05) is 32.8 Å². The van der Waals surface area contributed by atoms with Gasteiger partial charge in [-0.05, 0) is 44.6 Å². The zero-order valence-corrected chi connectivity index (χ0v) is 11.9. The Hall–Kier alpha value is -1.32. The van der Waals surface area contributed by atoms with E-state index in [1.54, 1.807) is 0 Å². The maximum Gasteiger partial charge on any atom is 0.222 e. The minimum Gasteiger partial charge on any atom is -0.345 e. The van der Waals surface area contributed by atoms with Crippen molar-refractivity contribution in [3.8, 4) is 0 Å². The highest BCUT2D eigenvalue weighted by atomic mass is 16.2. The van der Waals surface area contributed by atoms with Gasteiger partial charge in [-0.3, -0.25) is 9.48 Å². The molecule has 2 rings (SSSR count). The summed E-state index contributed by atoms with van der Waals surface area (Å²) in [5.41, 5.74) is 3.45. The first kappa shape index (κ1) is 13.1. The van der Waals surface area contributed by atoms with E-state index >= 15 is 0 Å². The summed E-state index contributed by atoms with van der Waals surface area (Å²) in [7, 11) is 3.87. The average molecular weight is 249 g/mol. The van der Waals surface area contributed by atoms with E-state index in [4.69, 9.17) is 0 Å². The molecule has 1 aromatic heterocycles. The number of amides is 1. The molecule has 1 fully saturated rings. The van der Waals surface area contributed by atoms with Crippen LogP contribution < -0.4 is 0 Å². The monoisotopic (exact) mass is 249 g/mol. The first-order valence-electron chi connectivity index (χ1n) is 6.72. The van der Waals surface area contributed by atoms with E-state index in [-0.39, 0.29) is 5.91 Å². The maximum atomic E-state index is 12.0. The van der Waals surface area contributed by atoms with Crippen molar-refractivity contribution in [2.75, 3.05) is 13.6 Å². The molecule has 1 saturated carbocycles. The van der Waals surface area contributed by atoms with Crippen molar-refractivity contribution in [1.82, 2.24) is 14.7 Å². The summed E-state index contributed by atoms with van der Waals surface area (Å²) in [6, 6.07) is 0. The van der Waals surface area contributed by atoms with Crippen LogP contribution in [0.25, 0.3) is 0 Å². The Labute approximate surface area is 109 Å². The number of aryl methyl sites for hydroxylation is 2. The highest BCUT2D eigenvalue weighted by Crippen LogP contribution is 2.29. The van der Waals surface area contributed by atoms with Gasteiger partial charge in [-0.15, -0.1) is 0 Å². The van der Waals surface area contributed by atoms with Crippen LogP contribution in [0.5, 0.6) is 0 Å². The second kappa shape index (κ2) is 5.12. The highest BCUT2D eigenvalue weighted by molar-refractivity contribution is 5.76. The molecular weight excluding hydrogens is 226 g/mol. The summed E-state index contributed by atoms with van der Waals surface area (Å²) in [5, 5.41) is 4.38. The maximum absolute atomic E-state index is 12.0. The lowest BCUT2D eigenvalue weighted by atomic mass is 10.1. The summed E-state index contributed by atoms with van der Waals surface area (Å²) < 4.78 is 1.89. The number of carbonyl (C=O) groups is 1. The molecule has 4 nitrogen and oxygen atoms in total. The van der Waals surface area contributed by atoms with Gasteiger partial charge < -0.3 is 4.90 Å². The van der Waals surface area contributed by atoms with Crippen molar-refractivity contribution >= 4 is 5.91 Å². The van der Waals surface area contributed by atoms with Gasteiger partial charge in [0.2, 0.25) is 5.91 Å². The van der Waals surface area contributed by atoms with E-state index < -0.39 is 0 Å². The fourth-order valence-electron chi connectivity index (χ4n) is 2.39. The number of carbonyl (C=O) groups excluding carboxylic acids is 1. The summed E-state index contributed by atoms with van der Waals surface area (Å²) in [5.74, 6) is 1.02. The fourth-order valence-corrected chi connectivity index (χ4v) is 2.39. The number of hydrogen-bond donors (Lipinski definition) is 0. The Morgan fingerprint density at radius 2 is 2.11 bits per heavy atom. The molecular formula is C14H23N3O. The van der Waals surface area contributed by atoms with Crippen molar-refractivity contribution in [3.05, 3.63) is 17.0 Å². The van der Waals surface area contributed by atoms with Gasteiger partial charge in [0.15, 0.2) is 0 Å². The SMILES string of the molecule is Cc1nn(C)c(C)c1CCC(=O)N(C)CC1CC1. The Kier molecular flexibility index (Phi) is 3.73. The first-order chi connectivity index (χ1) is 8.49. The zero-order chi connectivity index (χ0) is 13.3. The van der Waals surface area contributed by atoms with Gasteiger partial charge in [-0.25, -0.2) is 0 Å². The lowest BCUT2D eigenvalue weighted by Crippen LogP contribution is -2.28. The third-order valence-corrected chi connectivity index (χ3v) is 3.90. The molecule has 1 aliphatic carbocycles. The summed E-state index contributed by atoms with van der Waals surface area (Å²) in [6.07, 6.45) is 3.98. The van der Waals surface area contributed by atoms with Gasteiger partial charge in [-0.2, -0.15) is 5.10 Å². The predicted octanol–water partition coefficient (Wildman–Crippen LogP) is 1.84. The molecule has 4 heteroatoms. The molecule has 100 valence electrons. The van der Waals surface area contributed by atoms with Crippen LogP contribution in [-0.4, -0.2) is 34.2 Å². The molecule has 0 spiro atoms. The lowest BCUT2D eigenvalue weighted by molar-refractivity contribution is -0.130. The van der Waals surface area contributed by atoms with E-state index in [0.717, 1.165) is 24.6 Å². The van der Waals surface area contributed by atoms with E-state index in [2.05, 4.69) is 12.0 Å². The van der Waals surface area contributed by atoms with Gasteiger partial charge in [-0.1, -0.05) is 0 Å². The predicted molar refractivity (Wildman–Crippen MR) is 71.4 cm³/mol. The number of nitrogens with zero attached hydrogens (tertiary/aromatic N) is 3. The van der Waals surface area contributed by atoms with Crippen molar-refractivity contribution in [2.45, 2.75) is 39.5 Å². The topological polar surface area (TPSA) is 38.1 Å². The summed E-state index contributed by atoms with van der Waals surface area (Å²) in [4.78, 5) is 13.9. The Morgan fingerprint density at radius 3 is 2.61 bits per heavy atom. The van der Waals surface area contributed by atoms with Crippen LogP contribution in [0.2, 0.25) is 0 Å². The molecule has 0 unspecified atom stereocenters. The van der Waals surface area contributed by atoms with Crippen LogP contribution in [0.15, 0.2) is 0 Å². The molecule has 1 amide bonds. The standard InChI is InChI=1S/C14H23N3O/c1-10-13(11(2)17(4)15-10)7-8-14(18)16(3)9-12-5-6-12/h12H,5-9H2,1-4H3. The van der Waals surface area contributed by atoms with E-state index in [0.29, 0.717) is 6.42 Å². The van der Waals surface area contributed by atoms with Crippen LogP contribution in [0, 0.1) is 19.8 Å². The smallest absolute Gasteiger partial charge is 0.222 e. The van der Waals surface area contributed by atoms with Crippen molar-refractivity contribution in [3.63, 3.8) is 0 Å². The average Bonchev–Trinajstić information content (AvgIpc) is 3.08. The number of hydrogen-bond acceptors (Lipinski definition) is 2. The van der Waals surface area contributed by atoms with Crippen molar-refractivity contribution in [2.24, 2.45) is 13.0 Å². The molecule has 0 N–H and O–H groups in total. The second-order valence-corrected chi connectivity index (χ2v) is 5.49. The molecule has 1 heterocycles. The number of aromatic nitrogens is 2. The molecule has 1 aliphatic rings. The summed E-state index contributed by atoms with van der Waals surface area (Å²) >= 11 is 0. The minimum atomic E-state index is 0.254. The number of rotatable bonds is 5. The molecule has 0 saturated heterocycles. The third kappa shape index (κ3) is 2.92. The summed E-state index contributed by atoms with van der Waals surface area (Å²) in [6.45, 7) is 5.01. The van der Waals surface area contributed by atoms with Gasteiger partial charge in [0.25, 0.3) is 0 Å². The quantitative estimate of drug-likeness (QED) is 0.798. The van der Waals surface area contributed by atoms with Crippen LogP contribution >= 0.6 is 0 Å². The van der Waals surface area contributed by atoms with Crippen LogP contribution in [0.3, 0.4) is 0 Å². The van der Waals surface area contributed by atoms with E-state index in [9.17, 15) is 4.79 Å². The van der Waals surface area contributed by atoms with E-state index in [1.807, 2.05) is 30.6 Å². The minimum absolute atomic E-state index is 0.254. The van der Waals surface area contributed by atoms with Crippen molar-refractivity contribution < 1.29 is 4.79 Å². The Morgan fingerprint density at radius 1 is 1.44 bits per heavy atom. The van der Waals surface area contributed by atoms with Gasteiger partial charge in [0.05, 0.1) is 5.69 Å². The highest BCUT2D eigenvalue weighted by Gasteiger charge is 2.24. The second-order valence-electron chi connectivity index (χ2n) is 5.49. The molecule has 0 aliphatic heterocycles. The largest absolute Gasteiger partial charge is 0.345 e. The first-order valence-corrected chi connectivity index (χ1v) is 6.72. The van der Waals surface area contributed by atoms with Gasteiger partial charge in [0.1, 0.15) is 0 Å². The van der Waals surface area contributed by atoms with Crippen molar-refractivity contribution in [1.29, 1.82) is 0 Å². The van der Waals surface area contributed by atoms with Gasteiger partial charge >= 0.3 is 0 Å². The molecule has 0 bridgehead atoms. The molecule has 0 atom stereocenters. The fraction of sp³-hybridized carbons (Fsp3) is 0.714. The third-order valence-electron chi connectivity index (χ3n) is 3.90. The molecule has 0 aromatic carbocycles. The molecule has 1 aromatic rings. The normalized spacial score (nSPS) is 14.9. The van der Waals surface area contributed by atoms with E-state index in [1.165, 1.54) is 24.1 Å².